The average Bonchev–Trinajstić information content (AvgIpc) is 3.06. The number of piperidine rings is 1. The smallest absolute Gasteiger partial charge is 0.407 e. The number of hydrogen-bond donors (Lipinski definition) is 1. The van der Waals surface area contributed by atoms with Crippen molar-refractivity contribution in [3.63, 3.8) is 0 Å². The minimum atomic E-state index is -0.501. The van der Waals surface area contributed by atoms with Crippen molar-refractivity contribution in [2.75, 3.05) is 26.7 Å². The van der Waals surface area contributed by atoms with Gasteiger partial charge in [0.25, 0.3) is 0 Å². The van der Waals surface area contributed by atoms with Crippen LogP contribution in [-0.2, 0) is 23.0 Å². The number of aryl methyl sites for hydroxylation is 3. The molecule has 9 heteroatoms. The maximum Gasteiger partial charge on any atom is 0.407 e. The van der Waals surface area contributed by atoms with Crippen molar-refractivity contribution in [2.24, 2.45) is 13.0 Å². The van der Waals surface area contributed by atoms with E-state index in [1.807, 2.05) is 46.6 Å². The predicted molar refractivity (Wildman–Crippen MR) is 126 cm³/mol. The number of hydrogen-bond acceptors (Lipinski definition) is 6. The van der Waals surface area contributed by atoms with Crippen LogP contribution in [0, 0.1) is 19.8 Å². The highest BCUT2D eigenvalue weighted by atomic mass is 16.6. The molecule has 182 valence electrons. The molecule has 2 aromatic heterocycles. The molecule has 0 spiro atoms. The van der Waals surface area contributed by atoms with Crippen molar-refractivity contribution in [3.8, 4) is 5.88 Å². The zero-order chi connectivity index (χ0) is 24.3. The minimum absolute atomic E-state index is 0.158. The standard InChI is InChI=1S/C24H37N5O4/c1-15-18(16(2)26-21-20(15)22(32-7)27-28(21)6)8-9-19(30)29-12-10-17(11-13-29)14-25-23(31)33-24(3,4)5/h17H,8-14H2,1-7H3,(H,25,31). The van der Waals surface area contributed by atoms with Crippen LogP contribution >= 0.6 is 0 Å². The fraction of sp³-hybridized carbons (Fsp3) is 0.667. The van der Waals surface area contributed by atoms with Crippen LogP contribution in [-0.4, -0.2) is 64.0 Å². The van der Waals surface area contributed by atoms with Gasteiger partial charge < -0.3 is 19.7 Å². The Kier molecular flexibility index (Phi) is 7.49. The lowest BCUT2D eigenvalue weighted by Gasteiger charge is -2.32. The number of ether oxygens (including phenoxy) is 2. The lowest BCUT2D eigenvalue weighted by molar-refractivity contribution is -0.132. The summed E-state index contributed by atoms with van der Waals surface area (Å²) in [6.45, 7) is 11.6. The molecular formula is C24H37N5O4. The Labute approximate surface area is 195 Å². The molecule has 9 nitrogen and oxygen atoms in total. The second-order valence-electron chi connectivity index (χ2n) is 9.84. The van der Waals surface area contributed by atoms with Crippen LogP contribution in [0.25, 0.3) is 11.0 Å². The van der Waals surface area contributed by atoms with Crippen LogP contribution < -0.4 is 10.1 Å². The van der Waals surface area contributed by atoms with Gasteiger partial charge in [0.15, 0.2) is 5.65 Å². The lowest BCUT2D eigenvalue weighted by atomic mass is 9.96. The summed E-state index contributed by atoms with van der Waals surface area (Å²) in [4.78, 5) is 31.4. The average molecular weight is 460 g/mol. The molecular weight excluding hydrogens is 422 g/mol. The van der Waals surface area contributed by atoms with E-state index in [1.165, 1.54) is 0 Å². The second-order valence-corrected chi connectivity index (χ2v) is 9.84. The van der Waals surface area contributed by atoms with E-state index in [-0.39, 0.29) is 12.0 Å². The molecule has 1 saturated heterocycles. The van der Waals surface area contributed by atoms with E-state index in [9.17, 15) is 9.59 Å². The molecule has 0 radical (unpaired) electrons. The lowest BCUT2D eigenvalue weighted by Crippen LogP contribution is -2.42. The molecule has 0 aromatic carbocycles. The van der Waals surface area contributed by atoms with E-state index in [0.717, 1.165) is 40.7 Å². The summed E-state index contributed by atoms with van der Waals surface area (Å²) < 4.78 is 12.5. The number of carbonyl (C=O) groups is 2. The number of likely N-dealkylation sites (tertiary alicyclic amines) is 1. The van der Waals surface area contributed by atoms with Gasteiger partial charge in [0.2, 0.25) is 11.8 Å². The number of carbonyl (C=O) groups excluding carboxylic acids is 2. The largest absolute Gasteiger partial charge is 0.479 e. The first-order valence-electron chi connectivity index (χ1n) is 11.6. The molecule has 2 aromatic rings. The van der Waals surface area contributed by atoms with E-state index in [1.54, 1.807) is 11.8 Å². The molecule has 2 amide bonds. The molecule has 1 fully saturated rings. The fourth-order valence-corrected chi connectivity index (χ4v) is 4.43. The Balaban J connectivity index is 1.53. The van der Waals surface area contributed by atoms with Gasteiger partial charge in [-0.3, -0.25) is 4.79 Å². The van der Waals surface area contributed by atoms with Gasteiger partial charge in [0, 0.05) is 38.8 Å². The van der Waals surface area contributed by atoms with Crippen LogP contribution in [0.5, 0.6) is 5.88 Å². The quantitative estimate of drug-likeness (QED) is 0.712. The third kappa shape index (κ3) is 5.94. The molecule has 33 heavy (non-hydrogen) atoms. The van der Waals surface area contributed by atoms with E-state index in [2.05, 4.69) is 10.4 Å². The Morgan fingerprint density at radius 1 is 1.18 bits per heavy atom. The number of alkyl carbamates (subject to hydrolysis) is 1. The molecule has 0 unspecified atom stereocenters. The van der Waals surface area contributed by atoms with Gasteiger partial charge in [-0.1, -0.05) is 0 Å². The summed E-state index contributed by atoms with van der Waals surface area (Å²) in [5.74, 6) is 1.08. The zero-order valence-corrected chi connectivity index (χ0v) is 20.9. The van der Waals surface area contributed by atoms with Crippen LogP contribution in [0.4, 0.5) is 4.79 Å². The highest BCUT2D eigenvalue weighted by molar-refractivity contribution is 5.86. The van der Waals surface area contributed by atoms with Crippen LogP contribution in [0.15, 0.2) is 0 Å². The van der Waals surface area contributed by atoms with E-state index in [0.29, 0.717) is 44.3 Å². The number of nitrogens with zero attached hydrogens (tertiary/aromatic N) is 4. The van der Waals surface area contributed by atoms with E-state index >= 15 is 0 Å². The number of fused-ring (bicyclic) bond motifs is 1. The summed E-state index contributed by atoms with van der Waals surface area (Å²) in [7, 11) is 3.46. The number of pyridine rings is 1. The maximum absolute atomic E-state index is 12.9. The zero-order valence-electron chi connectivity index (χ0n) is 20.9. The first kappa shape index (κ1) is 24.8. The van der Waals surface area contributed by atoms with Gasteiger partial charge in [-0.15, -0.1) is 5.10 Å². The van der Waals surface area contributed by atoms with Crippen molar-refractivity contribution in [3.05, 3.63) is 16.8 Å². The predicted octanol–water partition coefficient (Wildman–Crippen LogP) is 3.29. The Morgan fingerprint density at radius 3 is 2.45 bits per heavy atom. The number of nitrogens with one attached hydrogen (secondary N) is 1. The summed E-state index contributed by atoms with van der Waals surface area (Å²) in [6.07, 6.45) is 2.44. The summed E-state index contributed by atoms with van der Waals surface area (Å²) in [5, 5.41) is 8.15. The van der Waals surface area contributed by atoms with Crippen LogP contribution in [0.2, 0.25) is 0 Å². The Morgan fingerprint density at radius 2 is 1.85 bits per heavy atom. The first-order valence-corrected chi connectivity index (χ1v) is 11.6. The molecule has 0 atom stereocenters. The molecule has 1 aliphatic heterocycles. The minimum Gasteiger partial charge on any atom is -0.479 e. The molecule has 1 aliphatic rings. The molecule has 3 heterocycles. The summed E-state index contributed by atoms with van der Waals surface area (Å²) >= 11 is 0. The first-order chi connectivity index (χ1) is 15.5. The van der Waals surface area contributed by atoms with Gasteiger partial charge in [-0.2, -0.15) is 0 Å². The van der Waals surface area contributed by atoms with Gasteiger partial charge >= 0.3 is 6.09 Å². The van der Waals surface area contributed by atoms with Crippen LogP contribution in [0.1, 0.15) is 56.9 Å². The number of amides is 2. The van der Waals surface area contributed by atoms with Gasteiger partial charge in [-0.05, 0) is 70.9 Å². The van der Waals surface area contributed by atoms with Crippen molar-refractivity contribution >= 4 is 23.0 Å². The second kappa shape index (κ2) is 9.97. The van der Waals surface area contributed by atoms with Crippen molar-refractivity contribution in [1.29, 1.82) is 0 Å². The van der Waals surface area contributed by atoms with Gasteiger partial charge in [-0.25, -0.2) is 14.5 Å². The van der Waals surface area contributed by atoms with Crippen molar-refractivity contribution in [2.45, 2.75) is 65.9 Å². The maximum atomic E-state index is 12.9. The molecule has 3 rings (SSSR count). The normalized spacial score (nSPS) is 15.1. The Hall–Kier alpha value is -2.84. The summed E-state index contributed by atoms with van der Waals surface area (Å²) in [5.41, 5.74) is 3.36. The van der Waals surface area contributed by atoms with E-state index in [4.69, 9.17) is 14.5 Å². The molecule has 0 bridgehead atoms. The molecule has 1 N–H and O–H groups in total. The molecule has 0 aliphatic carbocycles. The number of methoxy groups -OCH3 is 1. The SMILES string of the molecule is COc1nn(C)c2nc(C)c(CCC(=O)N3CCC(CNC(=O)OC(C)(C)C)CC3)c(C)c12. The number of aromatic nitrogens is 3. The van der Waals surface area contributed by atoms with Crippen molar-refractivity contribution in [1.82, 2.24) is 25.0 Å². The third-order valence-electron chi connectivity index (χ3n) is 6.21. The summed E-state index contributed by atoms with van der Waals surface area (Å²) in [6, 6.07) is 0. The third-order valence-corrected chi connectivity index (χ3v) is 6.21. The van der Waals surface area contributed by atoms with Gasteiger partial charge in [0.1, 0.15) is 5.60 Å². The van der Waals surface area contributed by atoms with Crippen LogP contribution in [0.3, 0.4) is 0 Å². The fourth-order valence-electron chi connectivity index (χ4n) is 4.43. The Bertz CT molecular complexity index is 1020. The highest BCUT2D eigenvalue weighted by Gasteiger charge is 2.25. The van der Waals surface area contributed by atoms with E-state index < -0.39 is 5.60 Å². The molecule has 0 saturated carbocycles. The highest BCUT2D eigenvalue weighted by Crippen LogP contribution is 2.30. The van der Waals surface area contributed by atoms with Crippen molar-refractivity contribution < 1.29 is 19.1 Å². The monoisotopic (exact) mass is 459 g/mol. The topological polar surface area (TPSA) is 98.6 Å². The van der Waals surface area contributed by atoms with Gasteiger partial charge in [0.05, 0.1) is 12.5 Å². The number of rotatable bonds is 6.